The van der Waals surface area contributed by atoms with Crippen LogP contribution in [0.5, 0.6) is 0 Å². The largest absolute Gasteiger partial charge is 0.457 e. The van der Waals surface area contributed by atoms with Gasteiger partial charge in [-0.2, -0.15) is 0 Å². The SMILES string of the molecule is NC(=O)c1ccccc1COC(=O)c1cc(N)cc(N)c1. The van der Waals surface area contributed by atoms with Crippen molar-refractivity contribution in [2.75, 3.05) is 11.5 Å². The van der Waals surface area contributed by atoms with Crippen LogP contribution in [0.15, 0.2) is 42.5 Å². The Morgan fingerprint density at radius 2 is 1.62 bits per heavy atom. The van der Waals surface area contributed by atoms with Crippen molar-refractivity contribution in [3.63, 3.8) is 0 Å². The van der Waals surface area contributed by atoms with Crippen LogP contribution in [0.25, 0.3) is 0 Å². The molecule has 1 amide bonds. The summed E-state index contributed by atoms with van der Waals surface area (Å²) in [4.78, 5) is 23.2. The summed E-state index contributed by atoms with van der Waals surface area (Å²) in [7, 11) is 0. The average Bonchev–Trinajstić information content (AvgIpc) is 2.43. The minimum Gasteiger partial charge on any atom is -0.457 e. The van der Waals surface area contributed by atoms with Gasteiger partial charge in [0.25, 0.3) is 0 Å². The molecule has 0 bridgehead atoms. The van der Waals surface area contributed by atoms with Crippen LogP contribution in [0.3, 0.4) is 0 Å². The van der Waals surface area contributed by atoms with E-state index in [1.807, 2.05) is 0 Å². The van der Waals surface area contributed by atoms with Crippen molar-refractivity contribution in [3.05, 3.63) is 59.2 Å². The highest BCUT2D eigenvalue weighted by Gasteiger charge is 2.12. The van der Waals surface area contributed by atoms with Gasteiger partial charge in [-0.15, -0.1) is 0 Å². The summed E-state index contributed by atoms with van der Waals surface area (Å²) in [6.07, 6.45) is 0. The predicted molar refractivity (Wildman–Crippen MR) is 79.3 cm³/mol. The van der Waals surface area contributed by atoms with Crippen molar-refractivity contribution in [1.29, 1.82) is 0 Å². The lowest BCUT2D eigenvalue weighted by molar-refractivity contribution is 0.0470. The third-order valence-corrected chi connectivity index (χ3v) is 2.85. The number of anilines is 2. The van der Waals surface area contributed by atoms with Crippen LogP contribution in [-0.4, -0.2) is 11.9 Å². The van der Waals surface area contributed by atoms with Crippen LogP contribution in [0.2, 0.25) is 0 Å². The van der Waals surface area contributed by atoms with E-state index >= 15 is 0 Å². The van der Waals surface area contributed by atoms with Gasteiger partial charge in [-0.3, -0.25) is 4.79 Å². The van der Waals surface area contributed by atoms with Gasteiger partial charge in [0.1, 0.15) is 6.61 Å². The number of ether oxygens (including phenoxy) is 1. The van der Waals surface area contributed by atoms with Crippen LogP contribution in [0.4, 0.5) is 11.4 Å². The molecule has 0 aliphatic carbocycles. The van der Waals surface area contributed by atoms with E-state index in [2.05, 4.69) is 0 Å². The van der Waals surface area contributed by atoms with Crippen molar-refractivity contribution in [2.24, 2.45) is 5.73 Å². The lowest BCUT2D eigenvalue weighted by atomic mass is 10.1. The first-order chi connectivity index (χ1) is 9.97. The second kappa shape index (κ2) is 5.96. The first kappa shape index (κ1) is 14.4. The first-order valence-corrected chi connectivity index (χ1v) is 6.18. The molecule has 6 heteroatoms. The smallest absolute Gasteiger partial charge is 0.338 e. The topological polar surface area (TPSA) is 121 Å². The number of nitrogen functional groups attached to an aromatic ring is 2. The molecule has 108 valence electrons. The number of carbonyl (C=O) groups is 2. The Morgan fingerprint density at radius 1 is 1.00 bits per heavy atom. The molecule has 0 unspecified atom stereocenters. The quantitative estimate of drug-likeness (QED) is 0.577. The van der Waals surface area contributed by atoms with Gasteiger partial charge in [0.2, 0.25) is 5.91 Å². The van der Waals surface area contributed by atoms with Crippen molar-refractivity contribution in [1.82, 2.24) is 0 Å². The number of rotatable bonds is 4. The van der Waals surface area contributed by atoms with Crippen LogP contribution in [0.1, 0.15) is 26.3 Å². The van der Waals surface area contributed by atoms with Gasteiger partial charge in [-0.05, 0) is 24.3 Å². The average molecular weight is 285 g/mol. The van der Waals surface area contributed by atoms with Crippen LogP contribution in [-0.2, 0) is 11.3 Å². The number of carbonyl (C=O) groups excluding carboxylic acids is 2. The molecule has 0 spiro atoms. The fourth-order valence-electron chi connectivity index (χ4n) is 1.91. The van der Waals surface area contributed by atoms with Gasteiger partial charge in [0, 0.05) is 22.5 Å². The van der Waals surface area contributed by atoms with Gasteiger partial charge in [-0.1, -0.05) is 18.2 Å². The minimum atomic E-state index is -0.576. The Labute approximate surface area is 121 Å². The zero-order valence-corrected chi connectivity index (χ0v) is 11.2. The van der Waals surface area contributed by atoms with Crippen molar-refractivity contribution in [2.45, 2.75) is 6.61 Å². The zero-order chi connectivity index (χ0) is 15.4. The van der Waals surface area contributed by atoms with Crippen LogP contribution >= 0.6 is 0 Å². The van der Waals surface area contributed by atoms with E-state index in [9.17, 15) is 9.59 Å². The van der Waals surface area contributed by atoms with E-state index in [1.165, 1.54) is 12.1 Å². The first-order valence-electron chi connectivity index (χ1n) is 6.18. The van der Waals surface area contributed by atoms with E-state index in [0.29, 0.717) is 22.5 Å². The Bertz CT molecular complexity index is 678. The van der Waals surface area contributed by atoms with Crippen LogP contribution in [0, 0.1) is 0 Å². The molecule has 0 saturated carbocycles. The molecule has 0 radical (unpaired) electrons. The van der Waals surface area contributed by atoms with Crippen LogP contribution < -0.4 is 17.2 Å². The summed E-state index contributed by atoms with van der Waals surface area (Å²) in [5.74, 6) is -1.15. The number of esters is 1. The van der Waals surface area contributed by atoms with Crippen molar-refractivity contribution < 1.29 is 14.3 Å². The van der Waals surface area contributed by atoms with Gasteiger partial charge >= 0.3 is 5.97 Å². The van der Waals surface area contributed by atoms with Gasteiger partial charge in [0.15, 0.2) is 0 Å². The third-order valence-electron chi connectivity index (χ3n) is 2.85. The molecule has 6 nitrogen and oxygen atoms in total. The Morgan fingerprint density at radius 3 is 2.24 bits per heavy atom. The number of benzene rings is 2. The van der Waals surface area contributed by atoms with Crippen molar-refractivity contribution in [3.8, 4) is 0 Å². The highest BCUT2D eigenvalue weighted by molar-refractivity contribution is 5.94. The minimum absolute atomic E-state index is 0.0628. The Hall–Kier alpha value is -3.02. The summed E-state index contributed by atoms with van der Waals surface area (Å²) in [5, 5.41) is 0. The monoisotopic (exact) mass is 285 g/mol. The van der Waals surface area contributed by atoms with Crippen molar-refractivity contribution >= 4 is 23.3 Å². The molecular formula is C15H15N3O3. The van der Waals surface area contributed by atoms with E-state index in [0.717, 1.165) is 0 Å². The van der Waals surface area contributed by atoms with Gasteiger partial charge in [-0.25, -0.2) is 4.79 Å². The lowest BCUT2D eigenvalue weighted by Gasteiger charge is -2.09. The van der Waals surface area contributed by atoms with E-state index < -0.39 is 11.9 Å². The lowest BCUT2D eigenvalue weighted by Crippen LogP contribution is -2.15. The summed E-state index contributed by atoms with van der Waals surface area (Å²) in [6, 6.07) is 11.1. The molecule has 0 aliphatic rings. The molecule has 0 aliphatic heterocycles. The number of amides is 1. The van der Waals surface area contributed by atoms with E-state index in [1.54, 1.807) is 30.3 Å². The molecule has 0 aromatic heterocycles. The highest BCUT2D eigenvalue weighted by atomic mass is 16.5. The number of hydrogen-bond donors (Lipinski definition) is 3. The molecule has 2 aromatic carbocycles. The van der Waals surface area contributed by atoms with E-state index in [-0.39, 0.29) is 12.2 Å². The van der Waals surface area contributed by atoms with Gasteiger partial charge in [0.05, 0.1) is 5.56 Å². The highest BCUT2D eigenvalue weighted by Crippen LogP contribution is 2.16. The maximum Gasteiger partial charge on any atom is 0.338 e. The summed E-state index contributed by atoms with van der Waals surface area (Å²) in [5.41, 5.74) is 18.4. The molecule has 6 N–H and O–H groups in total. The summed E-state index contributed by atoms with van der Waals surface area (Å²) < 4.78 is 5.16. The molecule has 2 aromatic rings. The van der Waals surface area contributed by atoms with E-state index in [4.69, 9.17) is 21.9 Å². The van der Waals surface area contributed by atoms with Gasteiger partial charge < -0.3 is 21.9 Å². The zero-order valence-electron chi connectivity index (χ0n) is 11.2. The fourth-order valence-corrected chi connectivity index (χ4v) is 1.91. The molecule has 21 heavy (non-hydrogen) atoms. The second-order valence-electron chi connectivity index (χ2n) is 4.49. The second-order valence-corrected chi connectivity index (χ2v) is 4.49. The fraction of sp³-hybridized carbons (Fsp3) is 0.0667. The normalized spacial score (nSPS) is 10.1. The summed E-state index contributed by atoms with van der Waals surface area (Å²) in [6.45, 7) is -0.0628. The summed E-state index contributed by atoms with van der Waals surface area (Å²) >= 11 is 0. The number of hydrogen-bond acceptors (Lipinski definition) is 5. The standard InChI is InChI=1S/C15H15N3O3/c16-11-5-10(6-12(17)7-11)15(20)21-8-9-3-1-2-4-13(9)14(18)19/h1-7H,8,16-17H2,(H2,18,19). The number of nitrogens with two attached hydrogens (primary N) is 3. The number of primary amides is 1. The Balaban J connectivity index is 2.13. The maximum atomic E-state index is 12.0. The predicted octanol–water partition coefficient (Wildman–Crippen LogP) is 1.31. The molecular weight excluding hydrogens is 270 g/mol. The molecule has 0 fully saturated rings. The third kappa shape index (κ3) is 3.50. The molecule has 0 saturated heterocycles. The molecule has 2 rings (SSSR count). The molecule has 0 heterocycles. The Kier molecular flexibility index (Phi) is 4.08. The maximum absolute atomic E-state index is 12.0. The molecule has 0 atom stereocenters.